The monoisotopic (exact) mass is 571 g/mol. The van der Waals surface area contributed by atoms with Crippen molar-refractivity contribution in [3.63, 3.8) is 0 Å². The van der Waals surface area contributed by atoms with E-state index >= 15 is 0 Å². The number of hydrogen-bond acceptors (Lipinski definition) is 4. The second-order valence-corrected chi connectivity index (χ2v) is 10.7. The Kier molecular flexibility index (Phi) is 7.14. The topological polar surface area (TPSA) is 62.4 Å². The molecule has 0 radical (unpaired) electrons. The van der Waals surface area contributed by atoms with Crippen LogP contribution in [0.4, 0.5) is 25.0 Å². The summed E-state index contributed by atoms with van der Waals surface area (Å²) in [5.41, 5.74) is 8.39. The van der Waals surface area contributed by atoms with Gasteiger partial charge in [-0.3, -0.25) is 5.32 Å². The van der Waals surface area contributed by atoms with Crippen LogP contribution < -0.4 is 16.0 Å². The lowest BCUT2D eigenvalue weighted by atomic mass is 9.90. The number of anilines is 2. The minimum atomic E-state index is -0.777. The zero-order chi connectivity index (χ0) is 28.7. The molecule has 0 aromatic heterocycles. The highest BCUT2D eigenvalue weighted by molar-refractivity contribution is 6.31. The molecule has 2 heterocycles. The highest BCUT2D eigenvalue weighted by Gasteiger charge is 2.33. The third-order valence-electron chi connectivity index (χ3n) is 7.81. The van der Waals surface area contributed by atoms with Crippen LogP contribution in [0.15, 0.2) is 90.3 Å². The largest absolute Gasteiger partial charge is 0.453 e. The first-order valence-corrected chi connectivity index (χ1v) is 13.8. The Hall–Kier alpha value is -4.36. The minimum absolute atomic E-state index is 0.122. The summed E-state index contributed by atoms with van der Waals surface area (Å²) < 4.78 is 34.0. The lowest BCUT2D eigenvalue weighted by Crippen LogP contribution is -2.26. The van der Waals surface area contributed by atoms with Crippen molar-refractivity contribution in [2.24, 2.45) is 5.92 Å². The van der Waals surface area contributed by atoms with Gasteiger partial charge in [-0.25, -0.2) is 13.6 Å². The maximum absolute atomic E-state index is 14.7. The highest BCUT2D eigenvalue weighted by Crippen LogP contribution is 2.45. The average molecular weight is 572 g/mol. The number of allylic oxidation sites excluding steroid dienone is 5. The van der Waals surface area contributed by atoms with Crippen molar-refractivity contribution in [2.45, 2.75) is 25.8 Å². The Bertz CT molecular complexity index is 1690. The zero-order valence-corrected chi connectivity index (χ0v) is 23.3. The summed E-state index contributed by atoms with van der Waals surface area (Å²) >= 11 is 5.92. The molecule has 41 heavy (non-hydrogen) atoms. The van der Waals surface area contributed by atoms with Gasteiger partial charge >= 0.3 is 6.09 Å². The van der Waals surface area contributed by atoms with Gasteiger partial charge in [-0.1, -0.05) is 54.1 Å². The number of hydrogen-bond donors (Lipinski definition) is 3. The van der Waals surface area contributed by atoms with Crippen molar-refractivity contribution >= 4 is 40.2 Å². The van der Waals surface area contributed by atoms with E-state index in [1.807, 2.05) is 30.3 Å². The fourth-order valence-electron chi connectivity index (χ4n) is 5.55. The van der Waals surface area contributed by atoms with Crippen molar-refractivity contribution in [3.8, 4) is 11.1 Å². The second kappa shape index (κ2) is 10.9. The van der Waals surface area contributed by atoms with E-state index in [9.17, 15) is 13.6 Å². The van der Waals surface area contributed by atoms with E-state index in [4.69, 9.17) is 16.3 Å². The van der Waals surface area contributed by atoms with Crippen molar-refractivity contribution in [3.05, 3.63) is 118 Å². The van der Waals surface area contributed by atoms with Gasteiger partial charge in [0.05, 0.1) is 23.7 Å². The number of carbonyl (C=O) groups excluding carboxylic acids is 1. The Morgan fingerprint density at radius 2 is 1.93 bits per heavy atom. The number of amides is 1. The number of rotatable bonds is 3. The number of halogens is 3. The molecule has 8 heteroatoms. The van der Waals surface area contributed by atoms with Crippen LogP contribution >= 0.6 is 11.6 Å². The number of ether oxygens (including phenoxy) is 1. The Labute approximate surface area is 242 Å². The number of methoxy groups -OCH3 is 1. The van der Waals surface area contributed by atoms with Gasteiger partial charge < -0.3 is 15.4 Å². The highest BCUT2D eigenvalue weighted by atomic mass is 35.5. The quantitative estimate of drug-likeness (QED) is 0.276. The molecule has 0 spiro atoms. The predicted molar refractivity (Wildman–Crippen MR) is 160 cm³/mol. The average Bonchev–Trinajstić information content (AvgIpc) is 3.59. The Balaban J connectivity index is 1.36. The Morgan fingerprint density at radius 3 is 2.71 bits per heavy atom. The summed E-state index contributed by atoms with van der Waals surface area (Å²) in [6.45, 7) is 2.14. The van der Waals surface area contributed by atoms with Crippen LogP contribution in [0.3, 0.4) is 0 Å². The number of carbonyl (C=O) groups is 1. The fourth-order valence-corrected chi connectivity index (χ4v) is 5.71. The molecule has 3 N–H and O–H groups in total. The summed E-state index contributed by atoms with van der Waals surface area (Å²) in [6, 6.07) is 16.2. The summed E-state index contributed by atoms with van der Waals surface area (Å²) in [5, 5.41) is 9.59. The van der Waals surface area contributed by atoms with E-state index in [1.165, 1.54) is 30.5 Å². The molecule has 3 aliphatic rings. The fraction of sp³-hybridized carbons (Fsp3) is 0.182. The SMILES string of the molecule is COC(=O)Nc1ccc2c(c1)NC1=C(C)C1CC/C=C(/C1C=CC(c3c(F)ccc(Cl)c3F)=CN1)c1cccc-2c1. The molecule has 5 nitrogen and oxygen atoms in total. The molecule has 6 rings (SSSR count). The molecule has 0 saturated heterocycles. The van der Waals surface area contributed by atoms with Crippen LogP contribution in [0.25, 0.3) is 22.3 Å². The van der Waals surface area contributed by atoms with Gasteiger partial charge in [-0.15, -0.1) is 0 Å². The van der Waals surface area contributed by atoms with E-state index in [0.717, 1.165) is 40.8 Å². The number of nitrogens with one attached hydrogen (secondary N) is 3. The number of fused-ring (bicyclic) bond motifs is 5. The maximum Gasteiger partial charge on any atom is 0.411 e. The summed E-state index contributed by atoms with van der Waals surface area (Å²) in [4.78, 5) is 11.8. The van der Waals surface area contributed by atoms with Gasteiger partial charge in [0.2, 0.25) is 0 Å². The van der Waals surface area contributed by atoms with E-state index in [2.05, 4.69) is 47.1 Å². The van der Waals surface area contributed by atoms with E-state index in [0.29, 0.717) is 17.2 Å². The molecule has 1 aliphatic carbocycles. The lowest BCUT2D eigenvalue weighted by molar-refractivity contribution is 0.187. The van der Waals surface area contributed by atoms with Gasteiger partial charge in [-0.05, 0) is 72.4 Å². The first-order chi connectivity index (χ1) is 19.8. The smallest absolute Gasteiger partial charge is 0.411 e. The van der Waals surface area contributed by atoms with E-state index in [-0.39, 0.29) is 16.6 Å². The molecule has 1 amide bonds. The number of benzene rings is 3. The maximum atomic E-state index is 14.7. The van der Waals surface area contributed by atoms with Crippen molar-refractivity contribution in [1.29, 1.82) is 0 Å². The molecule has 0 fully saturated rings. The van der Waals surface area contributed by atoms with Crippen LogP contribution in [0.1, 0.15) is 30.9 Å². The molecule has 208 valence electrons. The third kappa shape index (κ3) is 5.25. The zero-order valence-electron chi connectivity index (χ0n) is 22.5. The normalized spacial score (nSPS) is 20.5. The van der Waals surface area contributed by atoms with Crippen LogP contribution in [0.5, 0.6) is 0 Å². The molecule has 0 saturated carbocycles. The van der Waals surface area contributed by atoms with E-state index < -0.39 is 17.7 Å². The molecule has 3 aromatic rings. The second-order valence-electron chi connectivity index (χ2n) is 10.3. The van der Waals surface area contributed by atoms with Crippen molar-refractivity contribution in [2.75, 3.05) is 17.7 Å². The third-order valence-corrected chi connectivity index (χ3v) is 8.11. The standard InChI is InChI=1S/C33H28ClF2N3O2/c1-18-23-7-4-8-24(28-14-9-21(17-37-28)30-27(35)13-12-26(34)31(30)36)19-5-3-6-20(15-19)25-11-10-22(38-33(40)41-2)16-29(25)39-32(18)23/h3,5-6,8-17,23,28,37,39H,4,7H2,1-2H3,(H,38,40)/b24-8+. The van der Waals surface area contributed by atoms with E-state index in [1.54, 1.807) is 12.3 Å². The van der Waals surface area contributed by atoms with Gasteiger partial charge in [0.25, 0.3) is 0 Å². The Morgan fingerprint density at radius 1 is 1.10 bits per heavy atom. The van der Waals surface area contributed by atoms with Gasteiger partial charge in [-0.2, -0.15) is 0 Å². The first kappa shape index (κ1) is 26.8. The van der Waals surface area contributed by atoms with Gasteiger partial charge in [0, 0.05) is 40.3 Å². The van der Waals surface area contributed by atoms with Gasteiger partial charge in [0.15, 0.2) is 5.82 Å². The predicted octanol–water partition coefficient (Wildman–Crippen LogP) is 8.53. The van der Waals surface area contributed by atoms with Crippen LogP contribution in [0, 0.1) is 17.6 Å². The molecule has 2 aliphatic heterocycles. The van der Waals surface area contributed by atoms with Crippen LogP contribution in [0.2, 0.25) is 5.02 Å². The molecule has 2 atom stereocenters. The van der Waals surface area contributed by atoms with Crippen LogP contribution in [-0.2, 0) is 4.74 Å². The molecular formula is C33H28ClF2N3O2. The minimum Gasteiger partial charge on any atom is -0.453 e. The van der Waals surface area contributed by atoms with Gasteiger partial charge in [0.1, 0.15) is 5.82 Å². The van der Waals surface area contributed by atoms with Crippen molar-refractivity contribution < 1.29 is 18.3 Å². The molecule has 2 unspecified atom stereocenters. The van der Waals surface area contributed by atoms with Crippen LogP contribution in [-0.4, -0.2) is 19.2 Å². The van der Waals surface area contributed by atoms with Crippen molar-refractivity contribution in [1.82, 2.24) is 5.32 Å². The first-order valence-electron chi connectivity index (χ1n) is 13.4. The molecule has 2 bridgehead atoms. The summed E-state index contributed by atoms with van der Waals surface area (Å²) in [5.74, 6) is -1.09. The lowest BCUT2D eigenvalue weighted by Gasteiger charge is -2.24. The summed E-state index contributed by atoms with van der Waals surface area (Å²) in [6.07, 6.45) is 8.82. The molecular weight excluding hydrogens is 544 g/mol. The molecule has 3 aromatic carbocycles. The summed E-state index contributed by atoms with van der Waals surface area (Å²) in [7, 11) is 1.34. The number of dihydropyridines is 1.